The second-order valence-corrected chi connectivity index (χ2v) is 8.40. The molecule has 4 rings (SSSR count). The SMILES string of the molecule is CC1CCCN(C(=O)C2CCCCC2C(=O)N2CCc3ccccc32)C1. The third kappa shape index (κ3) is 3.26. The highest BCUT2D eigenvalue weighted by atomic mass is 16.2. The molecule has 140 valence electrons. The van der Waals surface area contributed by atoms with E-state index in [4.69, 9.17) is 0 Å². The topological polar surface area (TPSA) is 40.6 Å². The average molecular weight is 354 g/mol. The van der Waals surface area contributed by atoms with Crippen molar-refractivity contribution in [2.24, 2.45) is 17.8 Å². The molecule has 26 heavy (non-hydrogen) atoms. The zero-order chi connectivity index (χ0) is 18.1. The van der Waals surface area contributed by atoms with Gasteiger partial charge in [0.25, 0.3) is 0 Å². The summed E-state index contributed by atoms with van der Waals surface area (Å²) in [6.07, 6.45) is 7.09. The molecule has 3 aliphatic rings. The van der Waals surface area contributed by atoms with Crippen LogP contribution in [-0.4, -0.2) is 36.3 Å². The van der Waals surface area contributed by atoms with Crippen molar-refractivity contribution in [2.45, 2.75) is 51.9 Å². The van der Waals surface area contributed by atoms with Gasteiger partial charge in [-0.25, -0.2) is 0 Å². The van der Waals surface area contributed by atoms with E-state index in [1.807, 2.05) is 28.0 Å². The van der Waals surface area contributed by atoms with Crippen LogP contribution < -0.4 is 4.90 Å². The van der Waals surface area contributed by atoms with E-state index in [9.17, 15) is 9.59 Å². The number of nitrogens with zero attached hydrogens (tertiary/aromatic N) is 2. The van der Waals surface area contributed by atoms with Crippen molar-refractivity contribution in [3.63, 3.8) is 0 Å². The average Bonchev–Trinajstić information content (AvgIpc) is 3.11. The summed E-state index contributed by atoms with van der Waals surface area (Å²) in [5.74, 6) is 0.741. The first-order valence-corrected chi connectivity index (χ1v) is 10.3. The molecule has 2 aliphatic heterocycles. The van der Waals surface area contributed by atoms with Gasteiger partial charge in [0.1, 0.15) is 0 Å². The fraction of sp³-hybridized carbons (Fsp3) is 0.636. The molecule has 1 aromatic carbocycles. The summed E-state index contributed by atoms with van der Waals surface area (Å²) in [4.78, 5) is 30.6. The molecule has 1 saturated carbocycles. The van der Waals surface area contributed by atoms with Gasteiger partial charge < -0.3 is 9.80 Å². The van der Waals surface area contributed by atoms with Gasteiger partial charge in [-0.3, -0.25) is 9.59 Å². The van der Waals surface area contributed by atoms with E-state index in [1.54, 1.807) is 0 Å². The van der Waals surface area contributed by atoms with Gasteiger partial charge in [-0.1, -0.05) is 38.0 Å². The third-order valence-electron chi connectivity index (χ3n) is 6.52. The molecule has 2 fully saturated rings. The Hall–Kier alpha value is -1.84. The summed E-state index contributed by atoms with van der Waals surface area (Å²) in [6, 6.07) is 8.20. The van der Waals surface area contributed by atoms with Crippen molar-refractivity contribution in [2.75, 3.05) is 24.5 Å². The normalized spacial score (nSPS) is 28.7. The molecule has 1 aromatic rings. The fourth-order valence-electron chi connectivity index (χ4n) is 5.11. The molecule has 2 amide bonds. The molecule has 3 unspecified atom stereocenters. The highest BCUT2D eigenvalue weighted by Crippen LogP contribution is 2.37. The molecule has 2 heterocycles. The minimum absolute atomic E-state index is 0.116. The lowest BCUT2D eigenvalue weighted by Crippen LogP contribution is -2.48. The molecule has 0 aromatic heterocycles. The summed E-state index contributed by atoms with van der Waals surface area (Å²) in [6.45, 7) is 4.72. The van der Waals surface area contributed by atoms with Crippen LogP contribution in [0, 0.1) is 17.8 Å². The van der Waals surface area contributed by atoms with Crippen LogP contribution in [0.5, 0.6) is 0 Å². The number of benzene rings is 1. The Morgan fingerprint density at radius 2 is 1.65 bits per heavy atom. The van der Waals surface area contributed by atoms with E-state index in [2.05, 4.69) is 13.0 Å². The maximum Gasteiger partial charge on any atom is 0.230 e. The Morgan fingerprint density at radius 1 is 0.923 bits per heavy atom. The number of carbonyl (C=O) groups excluding carboxylic acids is 2. The largest absolute Gasteiger partial charge is 0.342 e. The van der Waals surface area contributed by atoms with Crippen LogP contribution in [0.3, 0.4) is 0 Å². The van der Waals surface area contributed by atoms with Crippen molar-refractivity contribution in [3.8, 4) is 0 Å². The summed E-state index contributed by atoms with van der Waals surface area (Å²) < 4.78 is 0. The predicted molar refractivity (Wildman–Crippen MR) is 103 cm³/mol. The molecule has 0 bridgehead atoms. The summed E-state index contributed by atoms with van der Waals surface area (Å²) >= 11 is 0. The molecule has 4 heteroatoms. The maximum absolute atomic E-state index is 13.4. The van der Waals surface area contributed by atoms with Gasteiger partial charge in [0.15, 0.2) is 0 Å². The van der Waals surface area contributed by atoms with Crippen LogP contribution in [0.15, 0.2) is 24.3 Å². The summed E-state index contributed by atoms with van der Waals surface area (Å²) in [7, 11) is 0. The van der Waals surface area contributed by atoms with Crippen LogP contribution in [0.25, 0.3) is 0 Å². The van der Waals surface area contributed by atoms with E-state index in [0.717, 1.165) is 63.8 Å². The molecule has 0 spiro atoms. The van der Waals surface area contributed by atoms with Crippen LogP contribution in [0.1, 0.15) is 51.0 Å². The number of piperidine rings is 1. The van der Waals surface area contributed by atoms with Crippen molar-refractivity contribution in [3.05, 3.63) is 29.8 Å². The van der Waals surface area contributed by atoms with Crippen LogP contribution in [0.2, 0.25) is 0 Å². The number of hydrogen-bond donors (Lipinski definition) is 0. The number of carbonyl (C=O) groups is 2. The number of likely N-dealkylation sites (tertiary alicyclic amines) is 1. The number of para-hydroxylation sites is 1. The van der Waals surface area contributed by atoms with Crippen molar-refractivity contribution < 1.29 is 9.59 Å². The lowest BCUT2D eigenvalue weighted by atomic mass is 9.77. The maximum atomic E-state index is 13.4. The van der Waals surface area contributed by atoms with Crippen molar-refractivity contribution in [1.82, 2.24) is 4.90 Å². The minimum atomic E-state index is -0.139. The van der Waals surface area contributed by atoms with E-state index in [-0.39, 0.29) is 23.7 Å². The first kappa shape index (κ1) is 17.6. The fourth-order valence-corrected chi connectivity index (χ4v) is 5.11. The zero-order valence-electron chi connectivity index (χ0n) is 15.8. The Balaban J connectivity index is 1.52. The smallest absolute Gasteiger partial charge is 0.230 e. The van der Waals surface area contributed by atoms with Crippen LogP contribution in [0.4, 0.5) is 5.69 Å². The standard InChI is InChI=1S/C22H30N2O2/c1-16-7-6-13-23(15-16)21(25)18-9-3-4-10-19(18)22(26)24-14-12-17-8-2-5-11-20(17)24/h2,5,8,11,16,18-19H,3-4,6-7,9-10,12-15H2,1H3. The van der Waals surface area contributed by atoms with Gasteiger partial charge in [-0.15, -0.1) is 0 Å². The third-order valence-corrected chi connectivity index (χ3v) is 6.52. The Morgan fingerprint density at radius 3 is 2.42 bits per heavy atom. The molecule has 4 nitrogen and oxygen atoms in total. The van der Waals surface area contributed by atoms with Gasteiger partial charge in [-0.05, 0) is 49.7 Å². The lowest BCUT2D eigenvalue weighted by molar-refractivity contribution is -0.144. The van der Waals surface area contributed by atoms with E-state index >= 15 is 0 Å². The second-order valence-electron chi connectivity index (χ2n) is 8.40. The Labute approximate surface area is 156 Å². The number of hydrogen-bond acceptors (Lipinski definition) is 2. The Kier molecular flexibility index (Phi) is 5.01. The van der Waals surface area contributed by atoms with Crippen molar-refractivity contribution in [1.29, 1.82) is 0 Å². The van der Waals surface area contributed by atoms with Crippen LogP contribution in [-0.2, 0) is 16.0 Å². The molecular weight excluding hydrogens is 324 g/mol. The van der Waals surface area contributed by atoms with E-state index in [0.29, 0.717) is 5.92 Å². The van der Waals surface area contributed by atoms with E-state index < -0.39 is 0 Å². The summed E-state index contributed by atoms with van der Waals surface area (Å²) in [5, 5.41) is 0. The molecule has 3 atom stereocenters. The number of anilines is 1. The van der Waals surface area contributed by atoms with Gasteiger partial charge in [-0.2, -0.15) is 0 Å². The Bertz CT molecular complexity index is 686. The number of rotatable bonds is 2. The highest BCUT2D eigenvalue weighted by Gasteiger charge is 2.41. The van der Waals surface area contributed by atoms with Crippen molar-refractivity contribution >= 4 is 17.5 Å². The number of amides is 2. The highest BCUT2D eigenvalue weighted by molar-refractivity contribution is 5.99. The monoisotopic (exact) mass is 354 g/mol. The molecule has 0 N–H and O–H groups in total. The van der Waals surface area contributed by atoms with Gasteiger partial charge in [0.2, 0.25) is 11.8 Å². The van der Waals surface area contributed by atoms with Gasteiger partial charge in [0, 0.05) is 31.2 Å². The number of fused-ring (bicyclic) bond motifs is 1. The lowest BCUT2D eigenvalue weighted by Gasteiger charge is -2.38. The second kappa shape index (κ2) is 7.42. The van der Waals surface area contributed by atoms with Gasteiger partial charge in [0.05, 0.1) is 5.92 Å². The van der Waals surface area contributed by atoms with E-state index in [1.165, 1.54) is 12.0 Å². The molecular formula is C22H30N2O2. The molecule has 0 radical (unpaired) electrons. The molecule has 1 saturated heterocycles. The minimum Gasteiger partial charge on any atom is -0.342 e. The quantitative estimate of drug-likeness (QED) is 0.813. The predicted octanol–water partition coefficient (Wildman–Crippen LogP) is 3.64. The van der Waals surface area contributed by atoms with Gasteiger partial charge >= 0.3 is 0 Å². The first-order valence-electron chi connectivity index (χ1n) is 10.3. The first-order chi connectivity index (χ1) is 12.6. The van der Waals surface area contributed by atoms with Crippen LogP contribution >= 0.6 is 0 Å². The molecule has 1 aliphatic carbocycles. The summed E-state index contributed by atoms with van der Waals surface area (Å²) in [5.41, 5.74) is 2.31. The zero-order valence-corrected chi connectivity index (χ0v) is 15.8.